The largest absolute Gasteiger partial charge is 0.491 e. The summed E-state index contributed by atoms with van der Waals surface area (Å²) in [4.78, 5) is 30.9. The molecule has 4 rings (SSSR count). The molecular formula is C26H25FN2O3S. The molecule has 0 radical (unpaired) electrons. The van der Waals surface area contributed by atoms with Gasteiger partial charge in [-0.25, -0.2) is 4.39 Å². The van der Waals surface area contributed by atoms with Gasteiger partial charge in [-0.2, -0.15) is 0 Å². The van der Waals surface area contributed by atoms with Crippen molar-refractivity contribution in [1.82, 2.24) is 9.80 Å². The fourth-order valence-corrected chi connectivity index (χ4v) is 4.90. The molecule has 0 unspecified atom stereocenters. The van der Waals surface area contributed by atoms with E-state index in [1.54, 1.807) is 22.3 Å². The zero-order valence-corrected chi connectivity index (χ0v) is 19.0. The lowest BCUT2D eigenvalue weighted by molar-refractivity contribution is -0.135. The van der Waals surface area contributed by atoms with Crippen molar-refractivity contribution in [3.63, 3.8) is 0 Å². The Morgan fingerprint density at radius 1 is 1.15 bits per heavy atom. The molecular weight excluding hydrogens is 439 g/mol. The van der Waals surface area contributed by atoms with Crippen LogP contribution in [0.1, 0.15) is 26.8 Å². The van der Waals surface area contributed by atoms with Crippen LogP contribution in [0.3, 0.4) is 0 Å². The number of rotatable bonds is 8. The molecule has 7 heteroatoms. The molecule has 2 amide bonds. The van der Waals surface area contributed by atoms with E-state index in [0.29, 0.717) is 18.7 Å². The topological polar surface area (TPSA) is 49.9 Å². The monoisotopic (exact) mass is 464 g/mol. The molecule has 170 valence electrons. The summed E-state index contributed by atoms with van der Waals surface area (Å²) in [6.45, 7) is 4.72. The molecule has 0 aliphatic carbocycles. The molecule has 1 aliphatic rings. The fourth-order valence-electron chi connectivity index (χ4n) is 3.97. The van der Waals surface area contributed by atoms with Gasteiger partial charge in [0.1, 0.15) is 24.7 Å². The van der Waals surface area contributed by atoms with Crippen LogP contribution in [0.2, 0.25) is 0 Å². The number of fused-ring (bicyclic) bond motifs is 1. The quantitative estimate of drug-likeness (QED) is 0.453. The first-order valence-corrected chi connectivity index (χ1v) is 11.6. The number of para-hydroxylation sites is 1. The Morgan fingerprint density at radius 3 is 2.64 bits per heavy atom. The van der Waals surface area contributed by atoms with Crippen LogP contribution in [0.5, 0.6) is 5.75 Å². The molecule has 1 aliphatic heterocycles. The van der Waals surface area contributed by atoms with E-state index in [0.717, 1.165) is 17.7 Å². The number of carbonyl (C=O) groups excluding carboxylic acids is 2. The minimum Gasteiger partial charge on any atom is -0.491 e. The zero-order valence-electron chi connectivity index (χ0n) is 18.2. The minimum atomic E-state index is -0.418. The number of hydrogen-bond donors (Lipinski definition) is 0. The molecule has 0 saturated heterocycles. The lowest BCUT2D eigenvalue weighted by atomic mass is 10.0. The molecule has 3 aromatic rings. The van der Waals surface area contributed by atoms with Gasteiger partial charge in [0.05, 0.1) is 6.04 Å². The lowest BCUT2D eigenvalue weighted by Crippen LogP contribution is -2.47. The van der Waals surface area contributed by atoms with Gasteiger partial charge in [0.25, 0.3) is 5.91 Å². The van der Waals surface area contributed by atoms with Gasteiger partial charge >= 0.3 is 0 Å². The minimum absolute atomic E-state index is 0.0937. The summed E-state index contributed by atoms with van der Waals surface area (Å²) < 4.78 is 19.3. The second kappa shape index (κ2) is 10.4. The van der Waals surface area contributed by atoms with E-state index in [4.69, 9.17) is 4.74 Å². The van der Waals surface area contributed by atoms with Crippen LogP contribution in [0, 0.1) is 5.82 Å². The number of nitrogens with zero attached hydrogens (tertiary/aromatic N) is 2. The zero-order chi connectivity index (χ0) is 23.2. The molecule has 33 heavy (non-hydrogen) atoms. The van der Waals surface area contributed by atoms with Gasteiger partial charge in [-0.3, -0.25) is 9.59 Å². The normalized spacial score (nSPS) is 14.9. The third-order valence-corrected chi connectivity index (χ3v) is 6.62. The van der Waals surface area contributed by atoms with E-state index >= 15 is 0 Å². The molecule has 1 atom stereocenters. The predicted octanol–water partition coefficient (Wildman–Crippen LogP) is 4.72. The van der Waals surface area contributed by atoms with Gasteiger partial charge in [0.15, 0.2) is 0 Å². The molecule has 0 spiro atoms. The Labute approximate surface area is 196 Å². The van der Waals surface area contributed by atoms with Crippen LogP contribution in [0.15, 0.2) is 78.7 Å². The summed E-state index contributed by atoms with van der Waals surface area (Å²) in [7, 11) is 0. The number of hydrogen-bond acceptors (Lipinski definition) is 4. The number of carbonyl (C=O) groups is 2. The van der Waals surface area contributed by atoms with E-state index in [1.165, 1.54) is 34.0 Å². The number of amides is 2. The summed E-state index contributed by atoms with van der Waals surface area (Å²) in [6.07, 6.45) is 2.35. The Bertz CT molecular complexity index is 1110. The number of thiophene rings is 1. The lowest BCUT2D eigenvalue weighted by Gasteiger charge is -2.37. The first-order chi connectivity index (χ1) is 16.1. The fraction of sp³-hybridized carbons (Fsp3) is 0.231. The first kappa shape index (κ1) is 22.7. The summed E-state index contributed by atoms with van der Waals surface area (Å²) in [6, 6.07) is 16.6. The molecule has 2 aromatic carbocycles. The van der Waals surface area contributed by atoms with Crippen molar-refractivity contribution in [2.24, 2.45) is 0 Å². The van der Waals surface area contributed by atoms with Gasteiger partial charge in [-0.15, -0.1) is 17.9 Å². The third kappa shape index (κ3) is 5.31. The summed E-state index contributed by atoms with van der Waals surface area (Å²) in [5.41, 5.74) is 1.42. The SMILES string of the molecule is C=CCN(CC(=O)N1CCc2sccc2[C@@H]1COc1ccccc1)C(=O)c1ccc(F)cc1. The van der Waals surface area contributed by atoms with E-state index in [1.807, 2.05) is 41.8 Å². The van der Waals surface area contributed by atoms with Crippen molar-refractivity contribution in [1.29, 1.82) is 0 Å². The van der Waals surface area contributed by atoms with Gasteiger partial charge in [0, 0.05) is 23.5 Å². The second-order valence-electron chi connectivity index (χ2n) is 7.76. The Morgan fingerprint density at radius 2 is 1.91 bits per heavy atom. The standard InChI is InChI=1S/C26H25FN2O3S/c1-2-14-28(26(31)19-8-10-20(27)11-9-19)17-25(30)29-15-12-24-22(13-16-33-24)23(29)18-32-21-6-4-3-5-7-21/h2-11,13,16,23H,1,12,14-15,17-18H2/t23-/m0/s1. The van der Waals surface area contributed by atoms with Gasteiger partial charge in [-0.1, -0.05) is 24.3 Å². The van der Waals surface area contributed by atoms with Crippen molar-refractivity contribution < 1.29 is 18.7 Å². The Balaban J connectivity index is 1.51. The highest BCUT2D eigenvalue weighted by Gasteiger charge is 2.33. The third-order valence-electron chi connectivity index (χ3n) is 5.62. The smallest absolute Gasteiger partial charge is 0.254 e. The maximum absolute atomic E-state index is 13.4. The van der Waals surface area contributed by atoms with Crippen molar-refractivity contribution >= 4 is 23.2 Å². The first-order valence-electron chi connectivity index (χ1n) is 10.8. The van der Waals surface area contributed by atoms with E-state index < -0.39 is 5.82 Å². The Hall–Kier alpha value is -3.45. The van der Waals surface area contributed by atoms with Gasteiger partial charge in [-0.05, 0) is 59.8 Å². The maximum atomic E-state index is 13.4. The average molecular weight is 465 g/mol. The highest BCUT2D eigenvalue weighted by Crippen LogP contribution is 2.34. The van der Waals surface area contributed by atoms with E-state index in [-0.39, 0.29) is 30.9 Å². The molecule has 1 aromatic heterocycles. The van der Waals surface area contributed by atoms with Crippen LogP contribution < -0.4 is 4.74 Å². The van der Waals surface area contributed by atoms with Crippen molar-refractivity contribution in [2.45, 2.75) is 12.5 Å². The molecule has 5 nitrogen and oxygen atoms in total. The number of benzene rings is 2. The van der Waals surface area contributed by atoms with Crippen LogP contribution in [-0.2, 0) is 11.2 Å². The maximum Gasteiger partial charge on any atom is 0.254 e. The molecule has 0 bridgehead atoms. The molecule has 2 heterocycles. The average Bonchev–Trinajstić information content (AvgIpc) is 3.32. The second-order valence-corrected chi connectivity index (χ2v) is 8.76. The van der Waals surface area contributed by atoms with E-state index in [2.05, 4.69) is 6.58 Å². The summed E-state index contributed by atoms with van der Waals surface area (Å²) >= 11 is 1.69. The summed E-state index contributed by atoms with van der Waals surface area (Å²) in [5.74, 6) is -0.176. The van der Waals surface area contributed by atoms with Crippen molar-refractivity contribution in [3.8, 4) is 5.75 Å². The molecule has 0 fully saturated rings. The highest BCUT2D eigenvalue weighted by molar-refractivity contribution is 7.10. The summed E-state index contributed by atoms with van der Waals surface area (Å²) in [5, 5.41) is 2.04. The molecule has 0 saturated carbocycles. The predicted molar refractivity (Wildman–Crippen MR) is 127 cm³/mol. The van der Waals surface area contributed by atoms with Crippen LogP contribution in [0.25, 0.3) is 0 Å². The van der Waals surface area contributed by atoms with Gasteiger partial charge in [0.2, 0.25) is 5.91 Å². The van der Waals surface area contributed by atoms with Crippen LogP contribution in [-0.4, -0.2) is 47.9 Å². The van der Waals surface area contributed by atoms with Gasteiger partial charge < -0.3 is 14.5 Å². The van der Waals surface area contributed by atoms with E-state index in [9.17, 15) is 14.0 Å². The van der Waals surface area contributed by atoms with Crippen molar-refractivity contribution in [3.05, 3.63) is 101 Å². The highest BCUT2D eigenvalue weighted by atomic mass is 32.1. The molecule has 0 N–H and O–H groups in total. The Kier molecular flexibility index (Phi) is 7.19. The number of ether oxygens (including phenoxy) is 1. The number of halogens is 1. The van der Waals surface area contributed by atoms with Crippen LogP contribution >= 0.6 is 11.3 Å². The van der Waals surface area contributed by atoms with Crippen molar-refractivity contribution in [2.75, 3.05) is 26.2 Å². The van der Waals surface area contributed by atoms with Crippen LogP contribution in [0.4, 0.5) is 4.39 Å².